The first-order valence-electron chi connectivity index (χ1n) is 13.5. The molecular weight excluding hydrogens is 472 g/mol. The van der Waals surface area contributed by atoms with E-state index in [1.54, 1.807) is 22.8 Å². The Morgan fingerprint density at radius 2 is 2.03 bits per heavy atom. The van der Waals surface area contributed by atoms with Gasteiger partial charge in [-0.05, 0) is 45.1 Å². The largest absolute Gasteiger partial charge is 0.466 e. The summed E-state index contributed by atoms with van der Waals surface area (Å²) < 4.78 is 12.0. The number of benzene rings is 1. The van der Waals surface area contributed by atoms with Crippen LogP contribution < -0.4 is 0 Å². The van der Waals surface area contributed by atoms with E-state index in [0.29, 0.717) is 32.4 Å². The van der Waals surface area contributed by atoms with Gasteiger partial charge in [0.05, 0.1) is 30.8 Å². The summed E-state index contributed by atoms with van der Waals surface area (Å²) in [5, 5.41) is 10.5. The van der Waals surface area contributed by atoms with Gasteiger partial charge >= 0.3 is 5.97 Å². The van der Waals surface area contributed by atoms with Crippen molar-refractivity contribution in [1.82, 2.24) is 9.80 Å². The zero-order chi connectivity index (χ0) is 26.8. The first-order chi connectivity index (χ1) is 17.8. The first-order valence-corrected chi connectivity index (χ1v) is 13.5. The van der Waals surface area contributed by atoms with Gasteiger partial charge in [-0.15, -0.1) is 6.58 Å². The molecule has 3 aliphatic rings. The van der Waals surface area contributed by atoms with Gasteiger partial charge in [-0.1, -0.05) is 49.8 Å². The molecule has 1 N–H and O–H groups in total. The maximum atomic E-state index is 14.3. The summed E-state index contributed by atoms with van der Waals surface area (Å²) in [7, 11) is 0. The average molecular weight is 513 g/mol. The Balaban J connectivity index is 1.79. The lowest BCUT2D eigenvalue weighted by Crippen LogP contribution is -2.59. The predicted octanol–water partition coefficient (Wildman–Crippen LogP) is 2.73. The fourth-order valence-electron chi connectivity index (χ4n) is 6.73. The smallest absolute Gasteiger partial charge is 0.312 e. The number of fused-ring (bicyclic) bond motifs is 1. The third-order valence-electron chi connectivity index (χ3n) is 8.35. The van der Waals surface area contributed by atoms with Gasteiger partial charge in [0.15, 0.2) is 0 Å². The molecule has 4 rings (SSSR count). The van der Waals surface area contributed by atoms with E-state index in [4.69, 9.17) is 9.47 Å². The van der Waals surface area contributed by atoms with Crippen LogP contribution in [0.15, 0.2) is 43.0 Å². The van der Waals surface area contributed by atoms with Crippen molar-refractivity contribution in [3.63, 3.8) is 0 Å². The number of carbonyl (C=O) groups excluding carboxylic acids is 3. The number of rotatable bonds is 12. The number of aliphatic hydroxyl groups is 1. The number of amides is 2. The highest BCUT2D eigenvalue weighted by Crippen LogP contribution is 2.63. The molecule has 37 heavy (non-hydrogen) atoms. The highest BCUT2D eigenvalue weighted by molar-refractivity contribution is 5.98. The normalized spacial score (nSPS) is 30.8. The molecule has 3 saturated heterocycles. The number of hydrogen-bond donors (Lipinski definition) is 1. The summed E-state index contributed by atoms with van der Waals surface area (Å²) in [6, 6.07) is 8.02. The molecule has 1 aromatic rings. The molecule has 0 aliphatic carbocycles. The van der Waals surface area contributed by atoms with Gasteiger partial charge in [0.25, 0.3) is 0 Å². The minimum absolute atomic E-state index is 0.197. The Morgan fingerprint density at radius 1 is 1.30 bits per heavy atom. The van der Waals surface area contributed by atoms with Crippen molar-refractivity contribution < 1.29 is 29.0 Å². The number of hydrogen-bond acceptors (Lipinski definition) is 6. The lowest BCUT2D eigenvalue weighted by Gasteiger charge is -2.39. The van der Waals surface area contributed by atoms with Gasteiger partial charge in [0, 0.05) is 13.1 Å². The van der Waals surface area contributed by atoms with E-state index in [2.05, 4.69) is 13.5 Å². The molecular formula is C29H40N2O6. The van der Waals surface area contributed by atoms with Crippen LogP contribution in [0.3, 0.4) is 0 Å². The zero-order valence-electron chi connectivity index (χ0n) is 22.2. The van der Waals surface area contributed by atoms with Gasteiger partial charge < -0.3 is 24.4 Å². The van der Waals surface area contributed by atoms with Crippen LogP contribution in [-0.2, 0) is 30.3 Å². The summed E-state index contributed by atoms with van der Waals surface area (Å²) in [6.45, 7) is 10.2. The number of likely N-dealkylation sites (tertiary alicyclic amines) is 1. The van der Waals surface area contributed by atoms with Crippen LogP contribution in [-0.4, -0.2) is 82.3 Å². The van der Waals surface area contributed by atoms with Crippen molar-refractivity contribution in [2.24, 2.45) is 11.8 Å². The van der Waals surface area contributed by atoms with E-state index in [1.165, 1.54) is 0 Å². The van der Waals surface area contributed by atoms with E-state index in [1.807, 2.05) is 37.3 Å². The van der Waals surface area contributed by atoms with Crippen molar-refractivity contribution in [3.05, 3.63) is 48.6 Å². The molecule has 2 amide bonds. The van der Waals surface area contributed by atoms with Crippen LogP contribution in [0.2, 0.25) is 0 Å². The van der Waals surface area contributed by atoms with Crippen molar-refractivity contribution >= 4 is 17.8 Å². The van der Waals surface area contributed by atoms with Crippen LogP contribution in [0.25, 0.3) is 0 Å². The van der Waals surface area contributed by atoms with Crippen molar-refractivity contribution in [2.45, 2.75) is 76.2 Å². The van der Waals surface area contributed by atoms with Crippen LogP contribution in [0.1, 0.15) is 52.0 Å². The van der Waals surface area contributed by atoms with Crippen LogP contribution in [0.5, 0.6) is 0 Å². The maximum absolute atomic E-state index is 14.3. The van der Waals surface area contributed by atoms with Crippen LogP contribution in [0, 0.1) is 11.8 Å². The molecule has 6 atom stereocenters. The molecule has 8 heteroatoms. The number of unbranched alkanes of at least 4 members (excludes halogenated alkanes) is 1. The molecule has 2 unspecified atom stereocenters. The SMILES string of the molecule is C=CCN(CCCC)C(=O)C1N([C@@H](CO)Cc2ccccc2)C(=O)[C@@H]2[C@H](C(=O)OCC)[C@]3(C)CCC12O3. The second-order valence-corrected chi connectivity index (χ2v) is 10.7. The summed E-state index contributed by atoms with van der Waals surface area (Å²) in [5.41, 5.74) is -1.07. The lowest BCUT2D eigenvalue weighted by atomic mass is 9.66. The molecule has 3 fully saturated rings. The monoisotopic (exact) mass is 512 g/mol. The first kappa shape index (κ1) is 27.3. The van der Waals surface area contributed by atoms with Gasteiger partial charge in [0.1, 0.15) is 17.6 Å². The maximum Gasteiger partial charge on any atom is 0.312 e. The Bertz CT molecular complexity index is 1010. The van der Waals surface area contributed by atoms with Gasteiger partial charge in [0.2, 0.25) is 11.8 Å². The van der Waals surface area contributed by atoms with E-state index >= 15 is 0 Å². The molecule has 8 nitrogen and oxygen atoms in total. The second-order valence-electron chi connectivity index (χ2n) is 10.7. The zero-order valence-corrected chi connectivity index (χ0v) is 22.2. The van der Waals surface area contributed by atoms with Crippen LogP contribution in [0.4, 0.5) is 0 Å². The fraction of sp³-hybridized carbons (Fsp3) is 0.621. The number of nitrogens with zero attached hydrogens (tertiary/aromatic N) is 2. The predicted molar refractivity (Wildman–Crippen MR) is 138 cm³/mol. The van der Waals surface area contributed by atoms with Crippen molar-refractivity contribution in [3.8, 4) is 0 Å². The number of esters is 1. The summed E-state index contributed by atoms with van der Waals surface area (Å²) >= 11 is 0. The molecule has 202 valence electrons. The molecule has 2 bridgehead atoms. The Kier molecular flexibility index (Phi) is 8.09. The second kappa shape index (κ2) is 11.0. The third kappa shape index (κ3) is 4.59. The Hall–Kier alpha value is -2.71. The summed E-state index contributed by atoms with van der Waals surface area (Å²) in [4.78, 5) is 45.0. The number of ether oxygens (including phenoxy) is 2. The quantitative estimate of drug-likeness (QED) is 0.342. The Labute approximate surface area is 219 Å². The van der Waals surface area contributed by atoms with E-state index in [9.17, 15) is 19.5 Å². The molecule has 0 aromatic heterocycles. The fourth-order valence-corrected chi connectivity index (χ4v) is 6.73. The van der Waals surface area contributed by atoms with Crippen molar-refractivity contribution in [2.75, 3.05) is 26.3 Å². The molecule has 0 saturated carbocycles. The Morgan fingerprint density at radius 3 is 2.65 bits per heavy atom. The number of aliphatic hydroxyl groups excluding tert-OH is 1. The van der Waals surface area contributed by atoms with Gasteiger partial charge in [-0.25, -0.2) is 0 Å². The number of carbonyl (C=O) groups is 3. The highest BCUT2D eigenvalue weighted by atomic mass is 16.6. The van der Waals surface area contributed by atoms with E-state index in [0.717, 1.165) is 18.4 Å². The molecule has 0 radical (unpaired) electrons. The van der Waals surface area contributed by atoms with E-state index < -0.39 is 41.1 Å². The molecule has 1 aromatic carbocycles. The average Bonchev–Trinajstić information content (AvgIpc) is 3.46. The highest BCUT2D eigenvalue weighted by Gasteiger charge is 2.79. The minimum atomic E-state index is -1.14. The minimum Gasteiger partial charge on any atom is -0.466 e. The van der Waals surface area contributed by atoms with Gasteiger partial charge in [-0.2, -0.15) is 0 Å². The third-order valence-corrected chi connectivity index (χ3v) is 8.35. The topological polar surface area (TPSA) is 96.4 Å². The molecule has 1 spiro atoms. The molecule has 3 heterocycles. The van der Waals surface area contributed by atoms with Crippen LogP contribution >= 0.6 is 0 Å². The summed E-state index contributed by atoms with van der Waals surface area (Å²) in [5.74, 6) is -2.63. The van der Waals surface area contributed by atoms with Crippen molar-refractivity contribution in [1.29, 1.82) is 0 Å². The van der Waals surface area contributed by atoms with E-state index in [-0.39, 0.29) is 25.0 Å². The summed E-state index contributed by atoms with van der Waals surface area (Å²) in [6.07, 6.45) is 4.84. The van der Waals surface area contributed by atoms with Gasteiger partial charge in [-0.3, -0.25) is 14.4 Å². The molecule has 3 aliphatic heterocycles. The standard InChI is InChI=1S/C29H40N2O6/c1-5-8-17-30(16-6-2)26(34)24-29-15-14-28(4,37-29)23(27(35)36-7-3)22(29)25(33)31(24)21(19-32)18-20-12-10-9-11-13-20/h6,9-13,21-24,32H,2,5,7-8,14-19H2,1,3-4H3/t21-,22+,23-,24?,28+,29?/m1/s1. The lowest BCUT2D eigenvalue weighted by molar-refractivity contribution is -0.161.